The molecule has 3 N–H and O–H groups in total. The molecule has 0 amide bonds. The summed E-state index contributed by atoms with van der Waals surface area (Å²) in [7, 11) is -2.15. The molecule has 32 heavy (non-hydrogen) atoms. The lowest BCUT2D eigenvalue weighted by atomic mass is 9.83. The number of nitrogens with one attached hydrogen (secondary N) is 1. The highest BCUT2D eigenvalue weighted by molar-refractivity contribution is 7.84. The van der Waals surface area contributed by atoms with Crippen LogP contribution < -0.4 is 9.32 Å². The molecule has 0 saturated heterocycles. The van der Waals surface area contributed by atoms with Crippen molar-refractivity contribution in [2.24, 2.45) is 12.2 Å². The van der Waals surface area contributed by atoms with Crippen molar-refractivity contribution in [3.05, 3.63) is 101 Å². The summed E-state index contributed by atoms with van der Waals surface area (Å²) in [5.74, 6) is -0.0622. The highest BCUT2D eigenvalue weighted by Gasteiger charge is 2.29. The average Bonchev–Trinajstić information content (AvgIpc) is 3.30. The number of aromatic amines is 1. The molecule has 5 rings (SSSR count). The van der Waals surface area contributed by atoms with Crippen LogP contribution >= 0.6 is 0 Å². The lowest BCUT2D eigenvalue weighted by molar-refractivity contribution is 0.484. The van der Waals surface area contributed by atoms with Gasteiger partial charge in [0.2, 0.25) is 0 Å². The van der Waals surface area contributed by atoms with E-state index in [2.05, 4.69) is 34.7 Å². The molecule has 1 atom stereocenters. The molecule has 7 heteroatoms. The van der Waals surface area contributed by atoms with E-state index in [0.29, 0.717) is 0 Å². The first-order valence-electron chi connectivity index (χ1n) is 10.3. The van der Waals surface area contributed by atoms with Crippen LogP contribution in [-0.2, 0) is 17.4 Å². The van der Waals surface area contributed by atoms with Gasteiger partial charge in [-0.2, -0.15) is 13.6 Å². The fourth-order valence-electron chi connectivity index (χ4n) is 4.65. The van der Waals surface area contributed by atoms with Crippen molar-refractivity contribution in [3.63, 3.8) is 0 Å². The molecule has 0 aliphatic heterocycles. The summed E-state index contributed by atoms with van der Waals surface area (Å²) in [5, 5.41) is 7.42. The van der Waals surface area contributed by atoms with Gasteiger partial charge < -0.3 is 13.7 Å². The van der Waals surface area contributed by atoms with Gasteiger partial charge in [0, 0.05) is 52.2 Å². The van der Waals surface area contributed by atoms with Crippen LogP contribution in [-0.4, -0.2) is 18.0 Å². The molecule has 0 saturated carbocycles. The van der Waals surface area contributed by atoms with E-state index in [1.807, 2.05) is 55.7 Å². The number of hydrogen-bond donors (Lipinski definition) is 2. The zero-order valence-electron chi connectivity index (χ0n) is 17.7. The number of hydrogen-bond acceptors (Lipinski definition) is 3. The monoisotopic (exact) mass is 445 g/mol. The number of H-pyrrole nitrogens is 1. The van der Waals surface area contributed by atoms with Gasteiger partial charge in [-0.1, -0.05) is 54.6 Å². The van der Waals surface area contributed by atoms with E-state index in [4.69, 9.17) is 9.32 Å². The number of nitrogens with two attached hydrogens (primary N) is 1. The highest BCUT2D eigenvalue weighted by Crippen LogP contribution is 2.44. The molecular formula is C25H23N3O3S. The normalized spacial score (nSPS) is 13.0. The number of benzene rings is 3. The second-order valence-corrected chi connectivity index (χ2v) is 9.06. The third kappa shape index (κ3) is 3.36. The Morgan fingerprint density at radius 3 is 2.34 bits per heavy atom. The van der Waals surface area contributed by atoms with Crippen molar-refractivity contribution in [2.75, 3.05) is 0 Å². The molecule has 5 aromatic rings. The van der Waals surface area contributed by atoms with E-state index in [1.54, 1.807) is 12.1 Å². The minimum atomic E-state index is -4.19. The fourth-order valence-corrected chi connectivity index (χ4v) is 5.05. The maximum absolute atomic E-state index is 11.8. The largest absolute Gasteiger partial charge is 0.380 e. The van der Waals surface area contributed by atoms with E-state index in [0.717, 1.165) is 44.2 Å². The molecule has 2 heterocycles. The Balaban J connectivity index is 1.87. The maximum atomic E-state index is 11.8. The van der Waals surface area contributed by atoms with Crippen molar-refractivity contribution >= 4 is 32.1 Å². The first-order chi connectivity index (χ1) is 15.3. The average molecular weight is 446 g/mol. The van der Waals surface area contributed by atoms with Gasteiger partial charge in [0.25, 0.3) is 0 Å². The number of nitrogens with zero attached hydrogens (tertiary/aromatic N) is 1. The summed E-state index contributed by atoms with van der Waals surface area (Å²) >= 11 is 0. The zero-order valence-corrected chi connectivity index (χ0v) is 18.6. The Bertz CT molecular complexity index is 1560. The molecule has 0 fully saturated rings. The lowest BCUT2D eigenvalue weighted by Crippen LogP contribution is -2.20. The molecule has 0 aliphatic rings. The Hall–Kier alpha value is -3.55. The SMILES string of the molecule is Cc1c(C(c2ccccc2OS(N)(=O)=O)c2c[nH]c3ccccc23)c2ccccc2n1C. The van der Waals surface area contributed by atoms with Gasteiger partial charge in [-0.25, -0.2) is 0 Å². The molecule has 1 unspecified atom stereocenters. The maximum Gasteiger partial charge on any atom is 0.380 e. The Morgan fingerprint density at radius 1 is 0.906 bits per heavy atom. The molecule has 0 radical (unpaired) electrons. The van der Waals surface area contributed by atoms with Gasteiger partial charge >= 0.3 is 10.3 Å². The van der Waals surface area contributed by atoms with Gasteiger partial charge in [-0.15, -0.1) is 0 Å². The van der Waals surface area contributed by atoms with Gasteiger partial charge in [0.05, 0.1) is 0 Å². The molecule has 0 spiro atoms. The number of fused-ring (bicyclic) bond motifs is 2. The number of para-hydroxylation sites is 3. The van der Waals surface area contributed by atoms with Crippen LogP contribution in [0.5, 0.6) is 5.75 Å². The van der Waals surface area contributed by atoms with E-state index >= 15 is 0 Å². The first kappa shape index (κ1) is 20.4. The Labute approximate surface area is 186 Å². The van der Waals surface area contributed by atoms with Crippen LogP contribution in [0.4, 0.5) is 0 Å². The number of aryl methyl sites for hydroxylation is 1. The predicted octanol–water partition coefficient (Wildman–Crippen LogP) is 4.73. The molecular weight excluding hydrogens is 422 g/mol. The Kier molecular flexibility index (Phi) is 4.80. The third-order valence-corrected chi connectivity index (χ3v) is 6.52. The Morgan fingerprint density at radius 2 is 1.56 bits per heavy atom. The highest BCUT2D eigenvalue weighted by atomic mass is 32.2. The quantitative estimate of drug-likeness (QED) is 0.410. The predicted molar refractivity (Wildman–Crippen MR) is 127 cm³/mol. The van der Waals surface area contributed by atoms with Crippen LogP contribution in [0, 0.1) is 6.92 Å². The number of aromatic nitrogens is 2. The molecule has 0 bridgehead atoms. The van der Waals surface area contributed by atoms with E-state index in [-0.39, 0.29) is 11.7 Å². The minimum absolute atomic E-state index is 0.220. The van der Waals surface area contributed by atoms with Crippen LogP contribution in [0.25, 0.3) is 21.8 Å². The fraction of sp³-hybridized carbons (Fsp3) is 0.120. The van der Waals surface area contributed by atoms with Crippen molar-refractivity contribution in [2.45, 2.75) is 12.8 Å². The summed E-state index contributed by atoms with van der Waals surface area (Å²) in [6.45, 7) is 2.08. The van der Waals surface area contributed by atoms with Crippen molar-refractivity contribution in [1.29, 1.82) is 0 Å². The van der Waals surface area contributed by atoms with Crippen LogP contribution in [0.3, 0.4) is 0 Å². The van der Waals surface area contributed by atoms with Crippen molar-refractivity contribution in [1.82, 2.24) is 9.55 Å². The van der Waals surface area contributed by atoms with E-state index < -0.39 is 10.3 Å². The van der Waals surface area contributed by atoms with Gasteiger partial charge in [0.15, 0.2) is 0 Å². The first-order valence-corrected chi connectivity index (χ1v) is 11.7. The summed E-state index contributed by atoms with van der Waals surface area (Å²) < 4.78 is 31.1. The van der Waals surface area contributed by atoms with E-state index in [9.17, 15) is 8.42 Å². The van der Waals surface area contributed by atoms with E-state index in [1.165, 1.54) is 0 Å². The van der Waals surface area contributed by atoms with Crippen LogP contribution in [0.15, 0.2) is 79.0 Å². The zero-order chi connectivity index (χ0) is 22.5. The molecule has 162 valence electrons. The molecule has 0 aliphatic carbocycles. The van der Waals surface area contributed by atoms with Gasteiger partial charge in [-0.3, -0.25) is 0 Å². The standard InChI is InChI=1S/C25H23N3O3S/c1-16-24(18-10-4-7-13-22(18)28(16)2)25(20-15-27-21-12-6-3-9-17(20)21)19-11-5-8-14-23(19)31-32(26,29)30/h3-15,25,27H,1-2H3,(H2,26,29,30). The van der Waals surface area contributed by atoms with Gasteiger partial charge in [0.1, 0.15) is 5.75 Å². The minimum Gasteiger partial charge on any atom is -0.371 e. The molecule has 2 aromatic heterocycles. The smallest absolute Gasteiger partial charge is 0.371 e. The molecule has 3 aromatic carbocycles. The van der Waals surface area contributed by atoms with Crippen molar-refractivity contribution < 1.29 is 12.6 Å². The molecule has 6 nitrogen and oxygen atoms in total. The summed E-state index contributed by atoms with van der Waals surface area (Å²) in [6, 6.07) is 23.5. The number of rotatable bonds is 5. The van der Waals surface area contributed by atoms with Crippen LogP contribution in [0.1, 0.15) is 28.3 Å². The summed E-state index contributed by atoms with van der Waals surface area (Å²) in [6.07, 6.45) is 1.99. The van der Waals surface area contributed by atoms with Gasteiger partial charge in [-0.05, 0) is 36.2 Å². The summed E-state index contributed by atoms with van der Waals surface area (Å²) in [5.41, 5.74) is 6.06. The van der Waals surface area contributed by atoms with Crippen LogP contribution in [0.2, 0.25) is 0 Å². The topological polar surface area (TPSA) is 90.1 Å². The summed E-state index contributed by atoms with van der Waals surface area (Å²) in [4.78, 5) is 3.36. The second-order valence-electron chi connectivity index (χ2n) is 7.91. The third-order valence-electron chi connectivity index (χ3n) is 6.11. The lowest BCUT2D eigenvalue weighted by Gasteiger charge is -2.21. The van der Waals surface area contributed by atoms with Crippen molar-refractivity contribution in [3.8, 4) is 5.75 Å². The second kappa shape index (κ2) is 7.55.